The van der Waals surface area contributed by atoms with Gasteiger partial charge in [0, 0.05) is 6.08 Å². The molecule has 0 unspecified atom stereocenters. The minimum Gasteiger partial charge on any atom is -0.478 e. The largest absolute Gasteiger partial charge is 0.478 e. The Morgan fingerprint density at radius 1 is 1.19 bits per heavy atom. The van der Waals surface area contributed by atoms with Crippen molar-refractivity contribution < 1.29 is 9.90 Å². The van der Waals surface area contributed by atoms with E-state index in [2.05, 4.69) is 59.8 Å². The zero-order valence-electron chi connectivity index (χ0n) is 17.2. The maximum atomic E-state index is 10.7. The van der Waals surface area contributed by atoms with E-state index in [0.29, 0.717) is 0 Å². The quantitative estimate of drug-likeness (QED) is 0.517. The van der Waals surface area contributed by atoms with E-state index in [9.17, 15) is 4.79 Å². The molecule has 2 heteroatoms. The average molecular weight is 353 g/mol. The zero-order chi connectivity index (χ0) is 19.7. The number of hydrogen-bond acceptors (Lipinski definition) is 1. The fraction of sp³-hybridized carbons (Fsp3) is 0.458. The second-order valence-electron chi connectivity index (χ2n) is 9.12. The van der Waals surface area contributed by atoms with Crippen LogP contribution in [0.25, 0.3) is 5.57 Å². The van der Waals surface area contributed by atoms with E-state index in [1.165, 1.54) is 40.3 Å². The van der Waals surface area contributed by atoms with Crippen molar-refractivity contribution in [3.05, 3.63) is 64.3 Å². The fourth-order valence-electron chi connectivity index (χ4n) is 3.58. The van der Waals surface area contributed by atoms with E-state index in [1.807, 2.05) is 12.2 Å². The summed E-state index contributed by atoms with van der Waals surface area (Å²) in [6.45, 7) is 15.4. The van der Waals surface area contributed by atoms with Crippen LogP contribution in [0.2, 0.25) is 0 Å². The van der Waals surface area contributed by atoms with Crippen molar-refractivity contribution in [3.8, 4) is 0 Å². The van der Waals surface area contributed by atoms with Gasteiger partial charge in [-0.1, -0.05) is 65.0 Å². The minimum atomic E-state index is -0.911. The Balaban J connectivity index is 2.49. The van der Waals surface area contributed by atoms with E-state index in [-0.39, 0.29) is 10.8 Å². The predicted octanol–water partition coefficient (Wildman–Crippen LogP) is 6.20. The molecule has 0 atom stereocenters. The van der Waals surface area contributed by atoms with Gasteiger partial charge in [-0.25, -0.2) is 4.79 Å². The number of carboxylic acids is 1. The van der Waals surface area contributed by atoms with Crippen LogP contribution in [0.3, 0.4) is 0 Å². The van der Waals surface area contributed by atoms with Crippen molar-refractivity contribution in [1.82, 2.24) is 0 Å². The summed E-state index contributed by atoms with van der Waals surface area (Å²) in [6, 6.07) is 4.76. The van der Waals surface area contributed by atoms with E-state index in [4.69, 9.17) is 5.11 Å². The number of fused-ring (bicyclic) bond motifs is 1. The van der Waals surface area contributed by atoms with Crippen molar-refractivity contribution in [1.29, 1.82) is 0 Å². The Morgan fingerprint density at radius 2 is 1.85 bits per heavy atom. The Bertz CT molecular complexity index is 796. The van der Waals surface area contributed by atoms with Gasteiger partial charge in [-0.3, -0.25) is 0 Å². The van der Waals surface area contributed by atoms with Crippen LogP contribution in [0.15, 0.2) is 42.0 Å². The van der Waals surface area contributed by atoms with Crippen LogP contribution in [-0.4, -0.2) is 11.1 Å². The first-order chi connectivity index (χ1) is 11.9. The second-order valence-corrected chi connectivity index (χ2v) is 9.12. The summed E-state index contributed by atoms with van der Waals surface area (Å²) in [6.07, 6.45) is 9.41. The molecular weight excluding hydrogens is 320 g/mol. The zero-order valence-corrected chi connectivity index (χ0v) is 17.2. The number of benzene rings is 1. The van der Waals surface area contributed by atoms with E-state index >= 15 is 0 Å². The van der Waals surface area contributed by atoms with Crippen molar-refractivity contribution in [2.45, 2.75) is 72.1 Å². The summed E-state index contributed by atoms with van der Waals surface area (Å²) in [5, 5.41) is 8.81. The summed E-state index contributed by atoms with van der Waals surface area (Å²) in [5.41, 5.74) is 7.96. The SMILES string of the molecule is C/C(=C/C=C/C(C)=C/C(=O)O)c1cc(C(C)(C)C)cc2c1CCC2(C)C. The number of aliphatic carboxylic acids is 1. The van der Waals surface area contributed by atoms with Gasteiger partial charge in [-0.2, -0.15) is 0 Å². The van der Waals surface area contributed by atoms with Gasteiger partial charge in [0.1, 0.15) is 0 Å². The highest BCUT2D eigenvalue weighted by atomic mass is 16.4. The first-order valence-electron chi connectivity index (χ1n) is 9.36. The normalized spacial score (nSPS) is 17.7. The standard InChI is InChI=1S/C24H32O2/c1-16(13-22(25)26)9-8-10-17(2)20-14-18(23(3,4)5)15-21-19(20)11-12-24(21,6)7/h8-10,13-15H,11-12H2,1-7H3,(H,25,26)/b9-8+,16-13+,17-10-. The molecule has 1 aliphatic carbocycles. The molecular formula is C24H32O2. The van der Waals surface area contributed by atoms with Gasteiger partial charge >= 0.3 is 5.97 Å². The lowest BCUT2D eigenvalue weighted by Gasteiger charge is -2.26. The maximum absolute atomic E-state index is 10.7. The van der Waals surface area contributed by atoms with Crippen molar-refractivity contribution >= 4 is 11.5 Å². The highest BCUT2D eigenvalue weighted by molar-refractivity contribution is 5.81. The molecule has 0 spiro atoms. The van der Waals surface area contributed by atoms with Crippen molar-refractivity contribution in [2.24, 2.45) is 0 Å². The average Bonchev–Trinajstić information content (AvgIpc) is 2.80. The summed E-state index contributed by atoms with van der Waals surface area (Å²) in [4.78, 5) is 10.7. The lowest BCUT2D eigenvalue weighted by Crippen LogP contribution is -2.17. The summed E-state index contributed by atoms with van der Waals surface area (Å²) >= 11 is 0. The molecule has 1 aliphatic rings. The van der Waals surface area contributed by atoms with Crippen LogP contribution in [0.4, 0.5) is 0 Å². The molecule has 26 heavy (non-hydrogen) atoms. The molecule has 1 aromatic carbocycles. The van der Waals surface area contributed by atoms with Crippen LogP contribution in [-0.2, 0) is 22.0 Å². The minimum absolute atomic E-state index is 0.110. The monoisotopic (exact) mass is 352 g/mol. The number of hydrogen-bond donors (Lipinski definition) is 1. The van der Waals surface area contributed by atoms with Gasteiger partial charge in [0.25, 0.3) is 0 Å². The van der Waals surface area contributed by atoms with Gasteiger partial charge in [-0.05, 0) is 70.9 Å². The van der Waals surface area contributed by atoms with E-state index in [1.54, 1.807) is 6.92 Å². The highest BCUT2D eigenvalue weighted by Gasteiger charge is 2.33. The van der Waals surface area contributed by atoms with Crippen LogP contribution in [0.1, 0.15) is 77.1 Å². The molecule has 0 aliphatic heterocycles. The maximum Gasteiger partial charge on any atom is 0.328 e. The lowest BCUT2D eigenvalue weighted by molar-refractivity contribution is -0.131. The number of carboxylic acid groups (broad SMARTS) is 1. The Kier molecular flexibility index (Phi) is 5.65. The summed E-state index contributed by atoms with van der Waals surface area (Å²) in [7, 11) is 0. The smallest absolute Gasteiger partial charge is 0.328 e. The first kappa shape index (κ1) is 20.2. The molecule has 140 valence electrons. The van der Waals surface area contributed by atoms with Crippen LogP contribution in [0.5, 0.6) is 0 Å². The molecule has 0 heterocycles. The molecule has 0 saturated carbocycles. The molecule has 0 fully saturated rings. The Hall–Kier alpha value is -2.09. The van der Waals surface area contributed by atoms with Gasteiger partial charge in [0.05, 0.1) is 0 Å². The Labute approximate surface area is 158 Å². The number of carbonyl (C=O) groups is 1. The molecule has 2 nitrogen and oxygen atoms in total. The third-order valence-corrected chi connectivity index (χ3v) is 5.33. The highest BCUT2D eigenvalue weighted by Crippen LogP contribution is 2.43. The molecule has 0 aromatic heterocycles. The molecule has 0 saturated heterocycles. The van der Waals surface area contributed by atoms with E-state index in [0.717, 1.165) is 12.0 Å². The lowest BCUT2D eigenvalue weighted by atomic mass is 9.79. The van der Waals surface area contributed by atoms with Crippen LogP contribution < -0.4 is 0 Å². The summed E-state index contributed by atoms with van der Waals surface area (Å²) < 4.78 is 0. The molecule has 1 aromatic rings. The van der Waals surface area contributed by atoms with Crippen LogP contribution in [0, 0.1) is 0 Å². The molecule has 0 bridgehead atoms. The molecule has 0 amide bonds. The van der Waals surface area contributed by atoms with Gasteiger partial charge in [0.15, 0.2) is 0 Å². The van der Waals surface area contributed by atoms with Crippen molar-refractivity contribution in [2.75, 3.05) is 0 Å². The van der Waals surface area contributed by atoms with Gasteiger partial charge < -0.3 is 5.11 Å². The molecule has 1 N–H and O–H groups in total. The van der Waals surface area contributed by atoms with Gasteiger partial charge in [0.2, 0.25) is 0 Å². The third kappa shape index (κ3) is 4.55. The topological polar surface area (TPSA) is 37.3 Å². The number of rotatable bonds is 4. The predicted molar refractivity (Wildman–Crippen MR) is 111 cm³/mol. The number of allylic oxidation sites excluding steroid dienone is 5. The van der Waals surface area contributed by atoms with E-state index < -0.39 is 5.97 Å². The van der Waals surface area contributed by atoms with Crippen molar-refractivity contribution in [3.63, 3.8) is 0 Å². The summed E-state index contributed by atoms with van der Waals surface area (Å²) in [5.74, 6) is -0.911. The third-order valence-electron chi connectivity index (χ3n) is 5.33. The first-order valence-corrected chi connectivity index (χ1v) is 9.36. The van der Waals surface area contributed by atoms with Crippen LogP contribution >= 0.6 is 0 Å². The van der Waals surface area contributed by atoms with Gasteiger partial charge in [-0.15, -0.1) is 0 Å². The molecule has 2 rings (SSSR count). The molecule has 0 radical (unpaired) electrons. The Morgan fingerprint density at radius 3 is 2.42 bits per heavy atom. The fourth-order valence-corrected chi connectivity index (χ4v) is 3.58. The second kappa shape index (κ2) is 7.26.